The zero-order chi connectivity index (χ0) is 16.4. The largest absolute Gasteiger partial charge is 0.337 e. The van der Waals surface area contributed by atoms with Crippen molar-refractivity contribution in [1.29, 1.82) is 0 Å². The minimum absolute atomic E-state index is 0.0149. The Morgan fingerprint density at radius 3 is 2.57 bits per heavy atom. The van der Waals surface area contributed by atoms with Gasteiger partial charge in [-0.15, -0.1) is 0 Å². The van der Waals surface area contributed by atoms with Gasteiger partial charge in [-0.2, -0.15) is 0 Å². The highest BCUT2D eigenvalue weighted by Gasteiger charge is 2.41. The van der Waals surface area contributed by atoms with E-state index in [1.807, 2.05) is 18.2 Å². The van der Waals surface area contributed by atoms with Gasteiger partial charge in [0.1, 0.15) is 5.25 Å². The Balaban J connectivity index is 1.63. The molecule has 1 aromatic carbocycles. The first kappa shape index (κ1) is 16.7. The van der Waals surface area contributed by atoms with Crippen LogP contribution in [-0.4, -0.2) is 55.1 Å². The molecule has 2 saturated heterocycles. The third-order valence-corrected chi connectivity index (χ3v) is 6.56. The molecule has 0 spiro atoms. The highest BCUT2D eigenvalue weighted by atomic mass is 35.7. The summed E-state index contributed by atoms with van der Waals surface area (Å²) in [4.78, 5) is 16.2. The van der Waals surface area contributed by atoms with Crippen LogP contribution in [0.25, 0.3) is 0 Å². The van der Waals surface area contributed by atoms with Crippen LogP contribution >= 0.6 is 10.7 Å². The second kappa shape index (κ2) is 6.79. The van der Waals surface area contributed by atoms with Crippen molar-refractivity contribution in [2.45, 2.75) is 37.1 Å². The van der Waals surface area contributed by atoms with Crippen LogP contribution in [0.5, 0.6) is 0 Å². The van der Waals surface area contributed by atoms with Gasteiger partial charge in [0.2, 0.25) is 15.0 Å². The molecule has 5 nitrogen and oxygen atoms in total. The number of hydrogen-bond acceptors (Lipinski definition) is 4. The lowest BCUT2D eigenvalue weighted by Crippen LogP contribution is -2.48. The summed E-state index contributed by atoms with van der Waals surface area (Å²) in [7, 11) is 1.75. The van der Waals surface area contributed by atoms with Crippen molar-refractivity contribution in [1.82, 2.24) is 9.80 Å². The number of carbonyl (C=O) groups is 1. The van der Waals surface area contributed by atoms with Crippen molar-refractivity contribution < 1.29 is 13.2 Å². The number of rotatable bonds is 4. The van der Waals surface area contributed by atoms with Crippen LogP contribution in [0.15, 0.2) is 30.3 Å². The van der Waals surface area contributed by atoms with Crippen LogP contribution in [0.4, 0.5) is 0 Å². The van der Waals surface area contributed by atoms with Gasteiger partial charge in [0.15, 0.2) is 0 Å². The molecule has 2 aliphatic rings. The lowest BCUT2D eigenvalue weighted by molar-refractivity contribution is -0.130. The summed E-state index contributed by atoms with van der Waals surface area (Å²) in [6.07, 6.45) is 1.95. The Kier molecular flexibility index (Phi) is 4.94. The van der Waals surface area contributed by atoms with E-state index in [9.17, 15) is 13.2 Å². The van der Waals surface area contributed by atoms with Crippen LogP contribution in [0, 0.1) is 0 Å². The molecule has 2 fully saturated rings. The van der Waals surface area contributed by atoms with Crippen LogP contribution in [0.2, 0.25) is 0 Å². The molecule has 23 heavy (non-hydrogen) atoms. The van der Waals surface area contributed by atoms with Gasteiger partial charge in [0.25, 0.3) is 0 Å². The average Bonchev–Trinajstić information content (AvgIpc) is 2.91. The number of halogens is 1. The summed E-state index contributed by atoms with van der Waals surface area (Å²) >= 11 is 0. The highest BCUT2D eigenvalue weighted by molar-refractivity contribution is 8.14. The van der Waals surface area contributed by atoms with Gasteiger partial charge < -0.3 is 4.90 Å². The normalized spacial score (nSPS) is 26.7. The first-order chi connectivity index (χ1) is 10.9. The zero-order valence-corrected chi connectivity index (χ0v) is 14.5. The molecule has 0 radical (unpaired) electrons. The van der Waals surface area contributed by atoms with Crippen molar-refractivity contribution in [3.8, 4) is 0 Å². The number of likely N-dealkylation sites (tertiary alicyclic amines) is 2. The molecule has 0 N–H and O–H groups in total. The molecule has 0 bridgehead atoms. The van der Waals surface area contributed by atoms with Gasteiger partial charge in [0.05, 0.1) is 0 Å². The minimum atomic E-state index is -3.67. The van der Waals surface area contributed by atoms with Crippen LogP contribution < -0.4 is 0 Å². The van der Waals surface area contributed by atoms with Crippen LogP contribution in [-0.2, 0) is 20.4 Å². The molecule has 1 unspecified atom stereocenters. The first-order valence-corrected chi connectivity index (χ1v) is 10.3. The van der Waals surface area contributed by atoms with Gasteiger partial charge in [-0.05, 0) is 24.9 Å². The first-order valence-electron chi connectivity index (χ1n) is 7.92. The van der Waals surface area contributed by atoms with E-state index in [0.29, 0.717) is 0 Å². The van der Waals surface area contributed by atoms with Crippen molar-refractivity contribution in [2.24, 2.45) is 0 Å². The van der Waals surface area contributed by atoms with Crippen molar-refractivity contribution >= 4 is 25.6 Å². The molecular formula is C16H21ClN2O3S. The van der Waals surface area contributed by atoms with E-state index in [2.05, 4.69) is 17.0 Å². The number of piperidine rings is 1. The van der Waals surface area contributed by atoms with Gasteiger partial charge in [-0.3, -0.25) is 9.69 Å². The fourth-order valence-corrected chi connectivity index (χ4v) is 4.55. The van der Waals surface area contributed by atoms with E-state index in [0.717, 1.165) is 32.5 Å². The Morgan fingerprint density at radius 2 is 1.91 bits per heavy atom. The zero-order valence-electron chi connectivity index (χ0n) is 12.9. The topological polar surface area (TPSA) is 57.7 Å². The van der Waals surface area contributed by atoms with Gasteiger partial charge >= 0.3 is 0 Å². The quantitative estimate of drug-likeness (QED) is 0.772. The predicted octanol–water partition coefficient (Wildman–Crippen LogP) is 1.82. The molecule has 1 aromatic rings. The monoisotopic (exact) mass is 356 g/mol. The molecule has 0 aromatic heterocycles. The van der Waals surface area contributed by atoms with Gasteiger partial charge in [0, 0.05) is 42.8 Å². The number of nitrogens with zero attached hydrogens (tertiary/aromatic N) is 2. The minimum Gasteiger partial charge on any atom is -0.337 e. The van der Waals surface area contributed by atoms with Crippen molar-refractivity contribution in [3.05, 3.63) is 35.9 Å². The van der Waals surface area contributed by atoms with E-state index in [1.54, 1.807) is 4.90 Å². The number of amides is 1. The molecule has 126 valence electrons. The summed E-state index contributed by atoms with van der Waals surface area (Å²) in [6, 6.07) is 10.3. The fraction of sp³-hybridized carbons (Fsp3) is 0.562. The smallest absolute Gasteiger partial charge is 0.237 e. The fourth-order valence-electron chi connectivity index (χ4n) is 3.51. The lowest BCUT2D eigenvalue weighted by atomic mass is 10.0. The lowest BCUT2D eigenvalue weighted by Gasteiger charge is -2.37. The van der Waals surface area contributed by atoms with Crippen LogP contribution in [0.3, 0.4) is 0 Å². The molecule has 2 aliphatic heterocycles. The molecule has 1 amide bonds. The maximum absolute atomic E-state index is 12.2. The average molecular weight is 357 g/mol. The van der Waals surface area contributed by atoms with Crippen LogP contribution in [0.1, 0.15) is 24.8 Å². The maximum atomic E-state index is 12.2. The summed E-state index contributed by atoms with van der Waals surface area (Å²) in [6.45, 7) is 2.88. The van der Waals surface area contributed by atoms with Gasteiger partial charge in [-0.25, -0.2) is 8.42 Å². The SMILES string of the molecule is O=C1CC(S(=O)(=O)Cl)CN1[C@@H]1CCCN(Cc2ccccc2)C1. The summed E-state index contributed by atoms with van der Waals surface area (Å²) in [5, 5.41) is -0.763. The number of benzene rings is 1. The maximum Gasteiger partial charge on any atom is 0.237 e. The Bertz CT molecular complexity index is 665. The third kappa shape index (κ3) is 4.05. The molecule has 2 heterocycles. The predicted molar refractivity (Wildman–Crippen MR) is 89.6 cm³/mol. The standard InChI is InChI=1S/C16H21ClN2O3S/c17-23(21,22)15-9-16(20)19(12-15)14-7-4-8-18(11-14)10-13-5-2-1-3-6-13/h1-3,5-6,14-15H,4,7-12H2/t14-,15?/m1/s1. The van der Waals surface area contributed by atoms with E-state index >= 15 is 0 Å². The molecular weight excluding hydrogens is 336 g/mol. The van der Waals surface area contributed by atoms with E-state index in [4.69, 9.17) is 10.7 Å². The van der Waals surface area contributed by atoms with Crippen molar-refractivity contribution in [2.75, 3.05) is 19.6 Å². The molecule has 3 rings (SSSR count). The Labute approximate surface area is 141 Å². The molecule has 2 atom stereocenters. The third-order valence-electron chi connectivity index (χ3n) is 4.69. The van der Waals surface area contributed by atoms with Crippen molar-refractivity contribution in [3.63, 3.8) is 0 Å². The Hall–Kier alpha value is -1.11. The molecule has 7 heteroatoms. The number of hydrogen-bond donors (Lipinski definition) is 0. The summed E-state index contributed by atoms with van der Waals surface area (Å²) < 4.78 is 23.0. The highest BCUT2D eigenvalue weighted by Crippen LogP contribution is 2.27. The second-order valence-corrected chi connectivity index (χ2v) is 9.27. The molecule has 0 aliphatic carbocycles. The van der Waals surface area contributed by atoms with E-state index in [-0.39, 0.29) is 24.9 Å². The van der Waals surface area contributed by atoms with E-state index in [1.165, 1.54) is 5.56 Å². The Morgan fingerprint density at radius 1 is 1.17 bits per heavy atom. The summed E-state index contributed by atoms with van der Waals surface area (Å²) in [5.41, 5.74) is 1.25. The summed E-state index contributed by atoms with van der Waals surface area (Å²) in [5.74, 6) is -0.0919. The second-order valence-electron chi connectivity index (χ2n) is 6.36. The number of carbonyl (C=O) groups excluding carboxylic acids is 1. The molecule has 0 saturated carbocycles. The van der Waals surface area contributed by atoms with Gasteiger partial charge in [-0.1, -0.05) is 30.3 Å². The van der Waals surface area contributed by atoms with E-state index < -0.39 is 14.3 Å².